The molecule has 0 spiro atoms. The van der Waals surface area contributed by atoms with Gasteiger partial charge in [0, 0.05) is 18.5 Å². The Morgan fingerprint density at radius 2 is 1.95 bits per heavy atom. The minimum absolute atomic E-state index is 0.0768. The Labute approximate surface area is 113 Å². The summed E-state index contributed by atoms with van der Waals surface area (Å²) >= 11 is 0. The molecule has 1 heterocycles. The zero-order valence-corrected chi connectivity index (χ0v) is 11.7. The number of hydrogen-bond acceptors (Lipinski definition) is 4. The molecule has 1 fully saturated rings. The molecule has 2 rings (SSSR count). The van der Waals surface area contributed by atoms with Crippen LogP contribution in [0.5, 0.6) is 0 Å². The van der Waals surface area contributed by atoms with Crippen LogP contribution in [0, 0.1) is 6.92 Å². The van der Waals surface area contributed by atoms with Gasteiger partial charge in [-0.3, -0.25) is 0 Å². The van der Waals surface area contributed by atoms with E-state index in [4.69, 9.17) is 15.2 Å². The summed E-state index contributed by atoms with van der Waals surface area (Å²) in [7, 11) is 0. The maximum Gasteiger partial charge on any atom is 0.338 e. The Morgan fingerprint density at radius 3 is 2.58 bits per heavy atom. The molecule has 1 aromatic carbocycles. The van der Waals surface area contributed by atoms with Crippen molar-refractivity contribution >= 4 is 11.7 Å². The Bertz CT molecular complexity index is 462. The minimum Gasteiger partial charge on any atom is -0.459 e. The van der Waals surface area contributed by atoms with Crippen LogP contribution in [0.25, 0.3) is 0 Å². The largest absolute Gasteiger partial charge is 0.459 e. The third-order valence-electron chi connectivity index (χ3n) is 3.52. The predicted octanol–water partition coefficient (Wildman–Crippen LogP) is 2.69. The van der Waals surface area contributed by atoms with Gasteiger partial charge in [0.1, 0.15) is 6.10 Å². The number of nitrogens with two attached hydrogens (primary N) is 1. The van der Waals surface area contributed by atoms with E-state index in [-0.39, 0.29) is 24.3 Å². The topological polar surface area (TPSA) is 61.6 Å². The van der Waals surface area contributed by atoms with Crippen LogP contribution in [0.4, 0.5) is 5.69 Å². The summed E-state index contributed by atoms with van der Waals surface area (Å²) in [6.07, 6.45) is 1.67. The van der Waals surface area contributed by atoms with Crippen molar-refractivity contribution in [1.82, 2.24) is 0 Å². The average molecular weight is 263 g/mol. The fraction of sp³-hybridized carbons (Fsp3) is 0.533. The fourth-order valence-corrected chi connectivity index (χ4v) is 2.53. The van der Waals surface area contributed by atoms with Gasteiger partial charge in [0.2, 0.25) is 0 Å². The molecule has 1 aliphatic heterocycles. The first-order chi connectivity index (χ1) is 8.97. The molecule has 0 radical (unpaired) electrons. The molecule has 2 N–H and O–H groups in total. The van der Waals surface area contributed by atoms with Gasteiger partial charge in [-0.25, -0.2) is 4.79 Å². The summed E-state index contributed by atoms with van der Waals surface area (Å²) in [5, 5.41) is 0. The number of anilines is 1. The number of nitrogen functional groups attached to an aromatic ring is 1. The lowest BCUT2D eigenvalue weighted by Gasteiger charge is -2.31. The van der Waals surface area contributed by atoms with Gasteiger partial charge >= 0.3 is 5.97 Å². The quantitative estimate of drug-likeness (QED) is 0.658. The molecule has 0 aromatic heterocycles. The van der Waals surface area contributed by atoms with E-state index in [9.17, 15) is 4.79 Å². The Hall–Kier alpha value is -1.55. The molecule has 19 heavy (non-hydrogen) atoms. The van der Waals surface area contributed by atoms with Gasteiger partial charge in [-0.2, -0.15) is 0 Å². The summed E-state index contributed by atoms with van der Waals surface area (Å²) in [6.45, 7) is 5.84. The molecule has 1 aromatic rings. The van der Waals surface area contributed by atoms with E-state index in [1.807, 2.05) is 20.8 Å². The van der Waals surface area contributed by atoms with Crippen LogP contribution in [0.2, 0.25) is 0 Å². The van der Waals surface area contributed by atoms with E-state index in [1.165, 1.54) is 0 Å². The first-order valence-corrected chi connectivity index (χ1v) is 6.69. The zero-order chi connectivity index (χ0) is 14.0. The molecule has 104 valence electrons. The van der Waals surface area contributed by atoms with Crippen molar-refractivity contribution < 1.29 is 14.3 Å². The first-order valence-electron chi connectivity index (χ1n) is 6.69. The molecule has 0 bridgehead atoms. The lowest BCUT2D eigenvalue weighted by molar-refractivity contribution is -0.0855. The van der Waals surface area contributed by atoms with E-state index < -0.39 is 0 Å². The van der Waals surface area contributed by atoms with Gasteiger partial charge in [-0.15, -0.1) is 0 Å². The maximum atomic E-state index is 12.2. The van der Waals surface area contributed by atoms with Crippen molar-refractivity contribution in [3.8, 4) is 0 Å². The molecule has 1 aliphatic rings. The fourth-order valence-electron chi connectivity index (χ4n) is 2.53. The minimum atomic E-state index is -0.295. The van der Waals surface area contributed by atoms with Crippen LogP contribution in [0.15, 0.2) is 18.2 Å². The SMILES string of the molecule is Cc1c(N)cccc1C(=O)OC1CC(C)OC(C)C1. The highest BCUT2D eigenvalue weighted by atomic mass is 16.6. The number of benzene rings is 1. The number of carbonyl (C=O) groups is 1. The number of esters is 1. The molecule has 2 atom stereocenters. The second kappa shape index (κ2) is 5.61. The van der Waals surface area contributed by atoms with Crippen molar-refractivity contribution in [3.63, 3.8) is 0 Å². The first kappa shape index (κ1) is 13.9. The zero-order valence-electron chi connectivity index (χ0n) is 11.7. The lowest BCUT2D eigenvalue weighted by Crippen LogP contribution is -2.35. The molecule has 0 amide bonds. The van der Waals surface area contributed by atoms with Crippen LogP contribution in [-0.4, -0.2) is 24.3 Å². The smallest absolute Gasteiger partial charge is 0.338 e. The third kappa shape index (κ3) is 3.26. The third-order valence-corrected chi connectivity index (χ3v) is 3.52. The van der Waals surface area contributed by atoms with Gasteiger partial charge in [0.25, 0.3) is 0 Å². The lowest BCUT2D eigenvalue weighted by atomic mass is 10.0. The maximum absolute atomic E-state index is 12.2. The second-order valence-corrected chi connectivity index (χ2v) is 5.28. The molecule has 2 unspecified atom stereocenters. The summed E-state index contributed by atoms with van der Waals surface area (Å²) in [5.41, 5.74) is 7.75. The normalized spacial score (nSPS) is 27.0. The van der Waals surface area contributed by atoms with Crippen molar-refractivity contribution in [3.05, 3.63) is 29.3 Å². The molecule has 1 saturated heterocycles. The standard InChI is InChI=1S/C15H21NO3/c1-9-7-12(8-10(2)18-9)19-15(17)13-5-4-6-14(16)11(13)3/h4-6,9-10,12H,7-8,16H2,1-3H3. The van der Waals surface area contributed by atoms with Crippen LogP contribution in [0.1, 0.15) is 42.6 Å². The van der Waals surface area contributed by atoms with E-state index >= 15 is 0 Å². The molecule has 0 aliphatic carbocycles. The summed E-state index contributed by atoms with van der Waals surface area (Å²) in [6, 6.07) is 5.30. The monoisotopic (exact) mass is 263 g/mol. The molecular formula is C15H21NO3. The molecule has 0 saturated carbocycles. The average Bonchev–Trinajstić information content (AvgIpc) is 2.31. The van der Waals surface area contributed by atoms with E-state index in [1.54, 1.807) is 18.2 Å². The van der Waals surface area contributed by atoms with Crippen LogP contribution in [-0.2, 0) is 9.47 Å². The highest BCUT2D eigenvalue weighted by Crippen LogP contribution is 2.24. The van der Waals surface area contributed by atoms with Gasteiger partial charge in [0.05, 0.1) is 17.8 Å². The van der Waals surface area contributed by atoms with E-state index in [0.717, 1.165) is 18.4 Å². The second-order valence-electron chi connectivity index (χ2n) is 5.28. The number of carbonyl (C=O) groups excluding carboxylic acids is 1. The summed E-state index contributed by atoms with van der Waals surface area (Å²) in [4.78, 5) is 12.2. The highest BCUT2D eigenvalue weighted by molar-refractivity contribution is 5.92. The van der Waals surface area contributed by atoms with Crippen molar-refractivity contribution in [2.24, 2.45) is 0 Å². The predicted molar refractivity (Wildman–Crippen MR) is 74.0 cm³/mol. The van der Waals surface area contributed by atoms with Crippen molar-refractivity contribution in [2.75, 3.05) is 5.73 Å². The van der Waals surface area contributed by atoms with Gasteiger partial charge in [-0.05, 0) is 38.5 Å². The van der Waals surface area contributed by atoms with Crippen molar-refractivity contribution in [1.29, 1.82) is 0 Å². The Balaban J connectivity index is 2.06. The molecular weight excluding hydrogens is 242 g/mol. The number of ether oxygens (including phenoxy) is 2. The van der Waals surface area contributed by atoms with Crippen LogP contribution in [0.3, 0.4) is 0 Å². The molecule has 4 heteroatoms. The Kier molecular flexibility index (Phi) is 4.10. The molecule has 4 nitrogen and oxygen atoms in total. The van der Waals surface area contributed by atoms with E-state index in [0.29, 0.717) is 11.3 Å². The highest BCUT2D eigenvalue weighted by Gasteiger charge is 2.28. The van der Waals surface area contributed by atoms with E-state index in [2.05, 4.69) is 0 Å². The Morgan fingerprint density at radius 1 is 1.32 bits per heavy atom. The number of hydrogen-bond donors (Lipinski definition) is 1. The van der Waals surface area contributed by atoms with Crippen LogP contribution >= 0.6 is 0 Å². The summed E-state index contributed by atoms with van der Waals surface area (Å²) in [5.74, 6) is -0.295. The van der Waals surface area contributed by atoms with Gasteiger partial charge < -0.3 is 15.2 Å². The van der Waals surface area contributed by atoms with Gasteiger partial charge in [0.15, 0.2) is 0 Å². The van der Waals surface area contributed by atoms with Crippen LogP contribution < -0.4 is 5.73 Å². The van der Waals surface area contributed by atoms with Crippen molar-refractivity contribution in [2.45, 2.75) is 51.9 Å². The van der Waals surface area contributed by atoms with Gasteiger partial charge in [-0.1, -0.05) is 6.07 Å². The summed E-state index contributed by atoms with van der Waals surface area (Å²) < 4.78 is 11.2. The number of rotatable bonds is 2.